The van der Waals surface area contributed by atoms with Crippen molar-refractivity contribution in [2.75, 3.05) is 13.1 Å². The third-order valence-corrected chi connectivity index (χ3v) is 6.57. The largest absolute Gasteiger partial charge is 0.391 e. The van der Waals surface area contributed by atoms with Crippen LogP contribution in [0.2, 0.25) is 0 Å². The summed E-state index contributed by atoms with van der Waals surface area (Å²) in [6.45, 7) is 1.20. The van der Waals surface area contributed by atoms with Crippen molar-refractivity contribution in [1.29, 1.82) is 0 Å². The first kappa shape index (κ1) is 15.2. The Morgan fingerprint density at radius 3 is 2.72 bits per heavy atom. The van der Waals surface area contributed by atoms with Crippen LogP contribution in [0.25, 0.3) is 0 Å². The van der Waals surface area contributed by atoms with Gasteiger partial charge in [0.15, 0.2) is 0 Å². The summed E-state index contributed by atoms with van der Waals surface area (Å²) in [5, 5.41) is 9.66. The van der Waals surface area contributed by atoms with Gasteiger partial charge in [-0.05, 0) is 92.7 Å². The molecule has 1 saturated heterocycles. The standard InChI is InChI=1S/C12H12I3NO2/c13-7-4-9(11(15)10(14)5-7)12(18)16-3-1-2-8(17)6-16/h4-5,8,17H,1-3,6H2/t8-/m0/s1. The molecule has 1 atom stereocenters. The molecule has 1 fully saturated rings. The number of carbonyl (C=O) groups is 1. The molecule has 18 heavy (non-hydrogen) atoms. The van der Waals surface area contributed by atoms with Crippen LogP contribution in [0.1, 0.15) is 23.2 Å². The average molecular weight is 583 g/mol. The van der Waals surface area contributed by atoms with E-state index in [1.807, 2.05) is 6.07 Å². The van der Waals surface area contributed by atoms with Gasteiger partial charge in [-0.2, -0.15) is 0 Å². The molecule has 6 heteroatoms. The van der Waals surface area contributed by atoms with E-state index in [0.717, 1.165) is 35.7 Å². The van der Waals surface area contributed by atoms with Gasteiger partial charge in [-0.3, -0.25) is 4.79 Å². The number of aliphatic hydroxyl groups is 1. The molecule has 1 aromatic carbocycles. The quantitative estimate of drug-likeness (QED) is 0.409. The van der Waals surface area contributed by atoms with Crippen molar-refractivity contribution < 1.29 is 9.90 Å². The molecule has 0 aromatic heterocycles. The van der Waals surface area contributed by atoms with Gasteiger partial charge in [0.1, 0.15) is 0 Å². The number of benzene rings is 1. The van der Waals surface area contributed by atoms with E-state index in [1.54, 1.807) is 4.90 Å². The predicted octanol–water partition coefficient (Wildman–Crippen LogP) is 3.10. The minimum Gasteiger partial charge on any atom is -0.391 e. The molecule has 0 radical (unpaired) electrons. The molecular formula is C12H12I3NO2. The molecule has 1 aliphatic heterocycles. The SMILES string of the molecule is O=C(c1cc(I)cc(I)c1I)N1CCC[C@H](O)C1. The number of piperidine rings is 1. The van der Waals surface area contributed by atoms with Gasteiger partial charge in [0, 0.05) is 23.8 Å². The fourth-order valence-electron chi connectivity index (χ4n) is 2.02. The first-order valence-electron chi connectivity index (χ1n) is 5.61. The normalized spacial score (nSPS) is 20.0. The summed E-state index contributed by atoms with van der Waals surface area (Å²) in [6.07, 6.45) is 1.30. The number of amides is 1. The van der Waals surface area contributed by atoms with Crippen LogP contribution in [0.5, 0.6) is 0 Å². The van der Waals surface area contributed by atoms with Crippen LogP contribution in [0.15, 0.2) is 12.1 Å². The first-order chi connectivity index (χ1) is 8.49. The lowest BCUT2D eigenvalue weighted by molar-refractivity contribution is 0.0472. The number of halogens is 3. The second-order valence-electron chi connectivity index (χ2n) is 4.30. The van der Waals surface area contributed by atoms with Gasteiger partial charge in [-0.25, -0.2) is 0 Å². The van der Waals surface area contributed by atoms with Crippen LogP contribution in [0.4, 0.5) is 0 Å². The second-order valence-corrected chi connectivity index (χ2v) is 7.78. The van der Waals surface area contributed by atoms with E-state index >= 15 is 0 Å². The van der Waals surface area contributed by atoms with Crippen molar-refractivity contribution in [3.05, 3.63) is 28.4 Å². The van der Waals surface area contributed by atoms with Crippen LogP contribution in [0, 0.1) is 10.7 Å². The molecule has 1 heterocycles. The fraction of sp³-hybridized carbons (Fsp3) is 0.417. The molecule has 3 nitrogen and oxygen atoms in total. The Bertz CT molecular complexity index is 479. The monoisotopic (exact) mass is 583 g/mol. The maximum absolute atomic E-state index is 12.5. The Balaban J connectivity index is 2.28. The van der Waals surface area contributed by atoms with Crippen LogP contribution < -0.4 is 0 Å². The van der Waals surface area contributed by atoms with Crippen molar-refractivity contribution in [2.24, 2.45) is 0 Å². The molecule has 1 amide bonds. The lowest BCUT2D eigenvalue weighted by Gasteiger charge is -2.30. The van der Waals surface area contributed by atoms with Crippen molar-refractivity contribution in [3.63, 3.8) is 0 Å². The van der Waals surface area contributed by atoms with E-state index in [0.29, 0.717) is 6.54 Å². The lowest BCUT2D eigenvalue weighted by Crippen LogP contribution is -2.42. The summed E-state index contributed by atoms with van der Waals surface area (Å²) in [6, 6.07) is 3.98. The number of rotatable bonds is 1. The summed E-state index contributed by atoms with van der Waals surface area (Å²) >= 11 is 6.70. The highest BCUT2D eigenvalue weighted by Crippen LogP contribution is 2.25. The smallest absolute Gasteiger partial charge is 0.255 e. The highest BCUT2D eigenvalue weighted by Gasteiger charge is 2.25. The van der Waals surface area contributed by atoms with Crippen molar-refractivity contribution in [2.45, 2.75) is 18.9 Å². The molecule has 0 spiro atoms. The molecule has 2 rings (SSSR count). The molecule has 0 aliphatic carbocycles. The van der Waals surface area contributed by atoms with E-state index in [2.05, 4.69) is 73.8 Å². The molecule has 98 valence electrons. The summed E-state index contributed by atoms with van der Waals surface area (Å²) in [7, 11) is 0. The lowest BCUT2D eigenvalue weighted by atomic mass is 10.1. The third-order valence-electron chi connectivity index (χ3n) is 2.91. The molecule has 1 aromatic rings. The second kappa shape index (κ2) is 6.53. The minimum atomic E-state index is -0.373. The van der Waals surface area contributed by atoms with Crippen LogP contribution in [-0.2, 0) is 0 Å². The molecule has 0 bridgehead atoms. The number of aliphatic hydroxyl groups excluding tert-OH is 1. The van der Waals surface area contributed by atoms with Gasteiger partial charge in [-0.15, -0.1) is 0 Å². The predicted molar refractivity (Wildman–Crippen MR) is 95.7 cm³/mol. The van der Waals surface area contributed by atoms with Gasteiger partial charge >= 0.3 is 0 Å². The summed E-state index contributed by atoms with van der Waals surface area (Å²) in [5.74, 6) is 0.0367. The zero-order valence-electron chi connectivity index (χ0n) is 9.50. The van der Waals surface area contributed by atoms with Crippen LogP contribution >= 0.6 is 67.8 Å². The van der Waals surface area contributed by atoms with Crippen LogP contribution in [-0.4, -0.2) is 35.1 Å². The van der Waals surface area contributed by atoms with E-state index in [-0.39, 0.29) is 12.0 Å². The van der Waals surface area contributed by atoms with E-state index in [9.17, 15) is 9.90 Å². The highest BCUT2D eigenvalue weighted by molar-refractivity contribution is 14.1. The molecular weight excluding hydrogens is 571 g/mol. The van der Waals surface area contributed by atoms with E-state index < -0.39 is 0 Å². The van der Waals surface area contributed by atoms with Crippen LogP contribution in [0.3, 0.4) is 0 Å². The third kappa shape index (κ3) is 3.48. The number of likely N-dealkylation sites (tertiary alicyclic amines) is 1. The maximum Gasteiger partial charge on any atom is 0.255 e. The zero-order valence-corrected chi connectivity index (χ0v) is 16.0. The minimum absolute atomic E-state index is 0.0367. The summed E-state index contributed by atoms with van der Waals surface area (Å²) < 4.78 is 3.16. The highest BCUT2D eigenvalue weighted by atomic mass is 127. The number of carbonyl (C=O) groups excluding carboxylic acids is 1. The fourth-order valence-corrected chi connectivity index (χ4v) is 4.41. The number of nitrogens with zero attached hydrogens (tertiary/aromatic N) is 1. The summed E-state index contributed by atoms with van der Waals surface area (Å²) in [5.41, 5.74) is 0.751. The number of β-amino-alcohol motifs (C(OH)–C–C–N with tert-alkyl or cyclic N) is 1. The van der Waals surface area contributed by atoms with E-state index in [4.69, 9.17) is 0 Å². The first-order valence-corrected chi connectivity index (χ1v) is 8.84. The van der Waals surface area contributed by atoms with Crippen molar-refractivity contribution in [1.82, 2.24) is 4.90 Å². The molecule has 0 unspecified atom stereocenters. The molecule has 1 N–H and O–H groups in total. The topological polar surface area (TPSA) is 40.5 Å². The number of hydrogen-bond acceptors (Lipinski definition) is 2. The van der Waals surface area contributed by atoms with E-state index in [1.165, 1.54) is 0 Å². The van der Waals surface area contributed by atoms with Crippen molar-refractivity contribution >= 4 is 73.7 Å². The molecule has 1 aliphatic rings. The van der Waals surface area contributed by atoms with Gasteiger partial charge in [0.25, 0.3) is 5.91 Å². The average Bonchev–Trinajstić information content (AvgIpc) is 2.33. The van der Waals surface area contributed by atoms with Gasteiger partial charge < -0.3 is 10.0 Å². The maximum atomic E-state index is 12.5. The Kier molecular flexibility index (Phi) is 5.52. The Labute approximate surface area is 147 Å². The Morgan fingerprint density at radius 1 is 1.33 bits per heavy atom. The van der Waals surface area contributed by atoms with Gasteiger partial charge in [0.05, 0.1) is 11.7 Å². The zero-order chi connectivity index (χ0) is 13.3. The summed E-state index contributed by atoms with van der Waals surface area (Å²) in [4.78, 5) is 14.2. The van der Waals surface area contributed by atoms with Gasteiger partial charge in [-0.1, -0.05) is 0 Å². The Morgan fingerprint density at radius 2 is 2.06 bits per heavy atom. The van der Waals surface area contributed by atoms with Crippen molar-refractivity contribution in [3.8, 4) is 0 Å². The number of hydrogen-bond donors (Lipinski definition) is 1. The Hall–Kier alpha value is 0.840. The molecule has 0 saturated carbocycles. The van der Waals surface area contributed by atoms with Gasteiger partial charge in [0.2, 0.25) is 0 Å².